The van der Waals surface area contributed by atoms with Crippen LogP contribution in [-0.2, 0) is 6.54 Å². The summed E-state index contributed by atoms with van der Waals surface area (Å²) in [6, 6.07) is 4.05. The van der Waals surface area contributed by atoms with E-state index in [-0.39, 0.29) is 0 Å². The van der Waals surface area contributed by atoms with Crippen LogP contribution in [0.5, 0.6) is 0 Å². The summed E-state index contributed by atoms with van der Waals surface area (Å²) in [7, 11) is 0. The van der Waals surface area contributed by atoms with Crippen molar-refractivity contribution in [2.45, 2.75) is 19.4 Å². The molecule has 3 rings (SSSR count). The van der Waals surface area contributed by atoms with Gasteiger partial charge in [0.05, 0.1) is 11.4 Å². The van der Waals surface area contributed by atoms with Crippen LogP contribution in [0.3, 0.4) is 0 Å². The largest absolute Gasteiger partial charge is 0.360 e. The second-order valence-electron chi connectivity index (χ2n) is 4.28. The first-order valence-electron chi connectivity index (χ1n) is 5.71. The molecule has 2 N–H and O–H groups in total. The number of rotatable bonds is 5. The lowest BCUT2D eigenvalue weighted by molar-refractivity contribution is 0.637. The lowest BCUT2D eigenvalue weighted by atomic mass is 10.3. The van der Waals surface area contributed by atoms with Crippen molar-refractivity contribution in [1.82, 2.24) is 15.3 Å². The minimum atomic E-state index is 0.905. The Bertz CT molecular complexity index is 443. The molecule has 16 heavy (non-hydrogen) atoms. The zero-order chi connectivity index (χ0) is 10.8. The van der Waals surface area contributed by atoms with Crippen LogP contribution in [-0.4, -0.2) is 16.5 Å². The molecule has 1 aliphatic carbocycles. The van der Waals surface area contributed by atoms with Crippen LogP contribution in [0.2, 0.25) is 0 Å². The van der Waals surface area contributed by atoms with E-state index >= 15 is 0 Å². The highest BCUT2D eigenvalue weighted by atomic mass is 32.1. The van der Waals surface area contributed by atoms with Crippen LogP contribution >= 0.6 is 11.3 Å². The molecule has 0 atom stereocenters. The van der Waals surface area contributed by atoms with Crippen molar-refractivity contribution in [3.63, 3.8) is 0 Å². The lowest BCUT2D eigenvalue weighted by Crippen LogP contribution is -2.15. The van der Waals surface area contributed by atoms with Crippen LogP contribution in [0, 0.1) is 5.92 Å². The first-order chi connectivity index (χ1) is 7.92. The molecule has 0 unspecified atom stereocenters. The SMILES string of the molecule is c1c[nH]c(-c2csc(CNCC3CC3)n2)c1. The fourth-order valence-corrected chi connectivity index (χ4v) is 2.47. The van der Waals surface area contributed by atoms with Gasteiger partial charge in [0.15, 0.2) is 0 Å². The van der Waals surface area contributed by atoms with E-state index in [1.807, 2.05) is 12.3 Å². The highest BCUT2D eigenvalue weighted by molar-refractivity contribution is 7.09. The van der Waals surface area contributed by atoms with Crippen LogP contribution in [0.25, 0.3) is 11.4 Å². The van der Waals surface area contributed by atoms with Crippen molar-refractivity contribution in [2.24, 2.45) is 5.92 Å². The third-order valence-corrected chi connectivity index (χ3v) is 3.68. The number of aromatic nitrogens is 2. The quantitative estimate of drug-likeness (QED) is 0.833. The molecule has 2 aromatic rings. The van der Waals surface area contributed by atoms with Crippen LogP contribution in [0.1, 0.15) is 17.8 Å². The van der Waals surface area contributed by atoms with E-state index in [4.69, 9.17) is 0 Å². The van der Waals surface area contributed by atoms with E-state index in [1.165, 1.54) is 17.8 Å². The fraction of sp³-hybridized carbons (Fsp3) is 0.417. The maximum Gasteiger partial charge on any atom is 0.107 e. The van der Waals surface area contributed by atoms with Gasteiger partial charge in [-0.25, -0.2) is 4.98 Å². The molecule has 2 aromatic heterocycles. The molecule has 0 bridgehead atoms. The van der Waals surface area contributed by atoms with Crippen molar-refractivity contribution in [1.29, 1.82) is 0 Å². The van der Waals surface area contributed by atoms with Crippen molar-refractivity contribution in [3.8, 4) is 11.4 Å². The van der Waals surface area contributed by atoms with Gasteiger partial charge in [-0.15, -0.1) is 11.3 Å². The molecule has 84 valence electrons. The Kier molecular flexibility index (Phi) is 2.76. The van der Waals surface area contributed by atoms with Crippen molar-refractivity contribution < 1.29 is 0 Å². The molecule has 1 aliphatic rings. The predicted molar refractivity (Wildman–Crippen MR) is 66.3 cm³/mol. The van der Waals surface area contributed by atoms with Gasteiger partial charge in [-0.3, -0.25) is 0 Å². The van der Waals surface area contributed by atoms with Crippen LogP contribution in [0.15, 0.2) is 23.7 Å². The first kappa shape index (κ1) is 10.1. The summed E-state index contributed by atoms with van der Waals surface area (Å²) in [4.78, 5) is 7.77. The third-order valence-electron chi connectivity index (χ3n) is 2.83. The maximum atomic E-state index is 4.59. The Morgan fingerprint density at radius 1 is 1.50 bits per heavy atom. The molecule has 4 heteroatoms. The molecule has 1 saturated carbocycles. The Balaban J connectivity index is 1.59. The van der Waals surface area contributed by atoms with Gasteiger partial charge in [0, 0.05) is 18.1 Å². The van der Waals surface area contributed by atoms with E-state index in [0.29, 0.717) is 0 Å². The van der Waals surface area contributed by atoms with Gasteiger partial charge in [-0.2, -0.15) is 0 Å². The third kappa shape index (κ3) is 2.33. The molecular weight excluding hydrogens is 218 g/mol. The molecule has 0 aliphatic heterocycles. The van der Waals surface area contributed by atoms with E-state index in [9.17, 15) is 0 Å². The second kappa shape index (κ2) is 4.39. The normalized spacial score (nSPS) is 15.5. The Labute approximate surface area is 98.9 Å². The minimum absolute atomic E-state index is 0.905. The highest BCUT2D eigenvalue weighted by Crippen LogP contribution is 2.27. The zero-order valence-corrected chi connectivity index (χ0v) is 9.89. The standard InChI is InChI=1S/C12H15N3S/c1-2-10(14-5-1)11-8-16-12(15-11)7-13-6-9-3-4-9/h1-2,5,8-9,13-14H,3-4,6-7H2. The predicted octanol–water partition coefficient (Wildman–Crippen LogP) is 2.64. The summed E-state index contributed by atoms with van der Waals surface area (Å²) in [6.45, 7) is 2.05. The number of nitrogens with zero attached hydrogens (tertiary/aromatic N) is 1. The van der Waals surface area contributed by atoms with Crippen molar-refractivity contribution >= 4 is 11.3 Å². The van der Waals surface area contributed by atoms with Crippen LogP contribution in [0.4, 0.5) is 0 Å². The van der Waals surface area contributed by atoms with Gasteiger partial charge < -0.3 is 10.3 Å². The van der Waals surface area contributed by atoms with Crippen molar-refractivity contribution in [3.05, 3.63) is 28.7 Å². The number of hydrogen-bond acceptors (Lipinski definition) is 3. The topological polar surface area (TPSA) is 40.7 Å². The molecule has 0 radical (unpaired) electrons. The summed E-state index contributed by atoms with van der Waals surface area (Å²) < 4.78 is 0. The van der Waals surface area contributed by atoms with Gasteiger partial charge in [-0.1, -0.05) is 0 Å². The maximum absolute atomic E-state index is 4.59. The molecule has 0 spiro atoms. The monoisotopic (exact) mass is 233 g/mol. The van der Waals surface area contributed by atoms with Gasteiger partial charge in [0.1, 0.15) is 5.01 Å². The minimum Gasteiger partial charge on any atom is -0.360 e. The van der Waals surface area contributed by atoms with Gasteiger partial charge in [-0.05, 0) is 37.4 Å². The summed E-state index contributed by atoms with van der Waals surface area (Å²) >= 11 is 1.73. The lowest BCUT2D eigenvalue weighted by Gasteiger charge is -1.98. The van der Waals surface area contributed by atoms with Crippen molar-refractivity contribution in [2.75, 3.05) is 6.54 Å². The average molecular weight is 233 g/mol. The van der Waals surface area contributed by atoms with E-state index in [1.54, 1.807) is 11.3 Å². The molecule has 0 aromatic carbocycles. The van der Waals surface area contributed by atoms with Gasteiger partial charge in [0.2, 0.25) is 0 Å². The van der Waals surface area contributed by atoms with E-state index in [2.05, 4.69) is 26.7 Å². The Morgan fingerprint density at radius 3 is 3.19 bits per heavy atom. The number of nitrogens with one attached hydrogen (secondary N) is 2. The molecular formula is C12H15N3S. The highest BCUT2D eigenvalue weighted by Gasteiger charge is 2.20. The summed E-state index contributed by atoms with van der Waals surface area (Å²) in [5.41, 5.74) is 2.16. The number of aromatic amines is 1. The van der Waals surface area contributed by atoms with E-state index < -0.39 is 0 Å². The Morgan fingerprint density at radius 2 is 2.44 bits per heavy atom. The number of hydrogen-bond donors (Lipinski definition) is 2. The number of thiazole rings is 1. The molecule has 2 heterocycles. The fourth-order valence-electron chi connectivity index (χ4n) is 1.71. The molecule has 1 fully saturated rings. The average Bonchev–Trinajstić information content (AvgIpc) is 2.83. The smallest absolute Gasteiger partial charge is 0.107 e. The number of H-pyrrole nitrogens is 1. The van der Waals surface area contributed by atoms with E-state index in [0.717, 1.165) is 30.4 Å². The second-order valence-corrected chi connectivity index (χ2v) is 5.23. The summed E-state index contributed by atoms with van der Waals surface area (Å²) in [5.74, 6) is 0.933. The molecule has 3 nitrogen and oxygen atoms in total. The molecule has 0 saturated heterocycles. The van der Waals surface area contributed by atoms with Gasteiger partial charge in [0.25, 0.3) is 0 Å². The zero-order valence-electron chi connectivity index (χ0n) is 9.07. The van der Waals surface area contributed by atoms with Gasteiger partial charge >= 0.3 is 0 Å². The summed E-state index contributed by atoms with van der Waals surface area (Å²) in [6.07, 6.45) is 4.73. The van der Waals surface area contributed by atoms with Crippen LogP contribution < -0.4 is 5.32 Å². The summed E-state index contributed by atoms with van der Waals surface area (Å²) in [5, 5.41) is 6.74. The Hall–Kier alpha value is -1.13. The molecule has 0 amide bonds. The first-order valence-corrected chi connectivity index (χ1v) is 6.58.